The molecule has 1 heterocycles. The van der Waals surface area contributed by atoms with Gasteiger partial charge in [0.25, 0.3) is 0 Å². The highest BCUT2D eigenvalue weighted by Crippen LogP contribution is 2.25. The van der Waals surface area contributed by atoms with Gasteiger partial charge in [-0.1, -0.05) is 17.4 Å². The van der Waals surface area contributed by atoms with Gasteiger partial charge in [0.1, 0.15) is 10.7 Å². The zero-order valence-corrected chi connectivity index (χ0v) is 10.7. The van der Waals surface area contributed by atoms with Crippen LogP contribution in [0.5, 0.6) is 0 Å². The molecular formula is C12H11FN2O2S. The first-order valence-electron chi connectivity index (χ1n) is 5.17. The van der Waals surface area contributed by atoms with E-state index in [-0.39, 0.29) is 5.82 Å². The molecule has 0 bridgehead atoms. The van der Waals surface area contributed by atoms with E-state index >= 15 is 0 Å². The Balaban J connectivity index is 2.21. The fourth-order valence-electron chi connectivity index (χ4n) is 1.37. The minimum absolute atomic E-state index is 0.326. The Morgan fingerprint density at radius 1 is 1.50 bits per heavy atom. The quantitative estimate of drug-likeness (QED) is 0.867. The van der Waals surface area contributed by atoms with Crippen LogP contribution < -0.4 is 5.32 Å². The van der Waals surface area contributed by atoms with Crippen LogP contribution >= 0.6 is 11.3 Å². The highest BCUT2D eigenvalue weighted by atomic mass is 32.1. The van der Waals surface area contributed by atoms with E-state index in [1.165, 1.54) is 25.4 Å². The molecule has 2 rings (SSSR count). The van der Waals surface area contributed by atoms with Crippen LogP contribution in [0.15, 0.2) is 24.4 Å². The summed E-state index contributed by atoms with van der Waals surface area (Å²) in [4.78, 5) is 15.7. The van der Waals surface area contributed by atoms with Gasteiger partial charge in [-0.25, -0.2) is 14.2 Å². The summed E-state index contributed by atoms with van der Waals surface area (Å²) in [6, 6.07) is 4.45. The van der Waals surface area contributed by atoms with E-state index in [1.54, 1.807) is 6.07 Å². The third-order valence-corrected chi connectivity index (χ3v) is 3.23. The number of carbonyl (C=O) groups excluding carboxylic acids is 1. The van der Waals surface area contributed by atoms with Crippen molar-refractivity contribution in [1.29, 1.82) is 0 Å². The van der Waals surface area contributed by atoms with Gasteiger partial charge in [-0.2, -0.15) is 0 Å². The number of aryl methyl sites for hydroxylation is 1. The van der Waals surface area contributed by atoms with E-state index < -0.39 is 5.97 Å². The lowest BCUT2D eigenvalue weighted by atomic mass is 10.2. The third kappa shape index (κ3) is 2.65. The molecule has 0 aliphatic heterocycles. The molecule has 0 aliphatic carbocycles. The van der Waals surface area contributed by atoms with Crippen molar-refractivity contribution in [2.75, 3.05) is 12.4 Å². The smallest absolute Gasteiger partial charge is 0.349 e. The Kier molecular flexibility index (Phi) is 3.57. The van der Waals surface area contributed by atoms with Gasteiger partial charge in [0, 0.05) is 5.69 Å². The van der Waals surface area contributed by atoms with Crippen molar-refractivity contribution in [2.24, 2.45) is 0 Å². The Labute approximate surface area is 107 Å². The summed E-state index contributed by atoms with van der Waals surface area (Å²) in [5, 5.41) is 3.49. The summed E-state index contributed by atoms with van der Waals surface area (Å²) >= 11 is 1.16. The maximum atomic E-state index is 13.1. The number of ether oxygens (including phenoxy) is 1. The molecule has 0 amide bonds. The number of nitrogens with zero attached hydrogens (tertiary/aromatic N) is 1. The summed E-state index contributed by atoms with van der Waals surface area (Å²) in [6.07, 6.45) is 1.42. The van der Waals surface area contributed by atoms with Crippen LogP contribution in [0.2, 0.25) is 0 Å². The molecule has 1 aromatic heterocycles. The van der Waals surface area contributed by atoms with Crippen molar-refractivity contribution < 1.29 is 13.9 Å². The molecule has 0 unspecified atom stereocenters. The number of aromatic nitrogens is 1. The molecule has 0 fully saturated rings. The van der Waals surface area contributed by atoms with Gasteiger partial charge < -0.3 is 10.1 Å². The van der Waals surface area contributed by atoms with Gasteiger partial charge in [-0.05, 0) is 24.6 Å². The van der Waals surface area contributed by atoms with E-state index in [0.717, 1.165) is 16.9 Å². The number of rotatable bonds is 3. The lowest BCUT2D eigenvalue weighted by molar-refractivity contribution is 0.0606. The number of anilines is 2. The molecule has 0 spiro atoms. The molecule has 0 atom stereocenters. The molecule has 0 saturated heterocycles. The molecule has 0 aliphatic rings. The number of hydrogen-bond donors (Lipinski definition) is 1. The maximum absolute atomic E-state index is 13.1. The van der Waals surface area contributed by atoms with Crippen molar-refractivity contribution in [1.82, 2.24) is 4.98 Å². The first-order chi connectivity index (χ1) is 8.60. The fraction of sp³-hybridized carbons (Fsp3) is 0.167. The van der Waals surface area contributed by atoms with Crippen molar-refractivity contribution in [3.8, 4) is 0 Å². The van der Waals surface area contributed by atoms with Crippen LogP contribution in [-0.2, 0) is 4.74 Å². The molecule has 2 aromatic rings. The van der Waals surface area contributed by atoms with Crippen LogP contribution in [0.25, 0.3) is 0 Å². The number of methoxy groups -OCH3 is 1. The van der Waals surface area contributed by atoms with Crippen LogP contribution in [0.1, 0.15) is 15.2 Å². The van der Waals surface area contributed by atoms with Gasteiger partial charge in [-0.15, -0.1) is 0 Å². The molecule has 1 N–H and O–H groups in total. The SMILES string of the molecule is COC(=O)c1cnc(Nc2cc(F)ccc2C)s1. The Morgan fingerprint density at radius 3 is 3.00 bits per heavy atom. The average molecular weight is 266 g/mol. The van der Waals surface area contributed by atoms with Gasteiger partial charge in [0.15, 0.2) is 5.13 Å². The maximum Gasteiger partial charge on any atom is 0.349 e. The van der Waals surface area contributed by atoms with Crippen molar-refractivity contribution >= 4 is 28.1 Å². The van der Waals surface area contributed by atoms with Crippen molar-refractivity contribution in [2.45, 2.75) is 6.92 Å². The van der Waals surface area contributed by atoms with E-state index in [0.29, 0.717) is 15.7 Å². The number of halogens is 1. The molecule has 94 valence electrons. The summed E-state index contributed by atoms with van der Waals surface area (Å²) < 4.78 is 17.7. The first-order valence-corrected chi connectivity index (χ1v) is 5.99. The standard InChI is InChI=1S/C12H11FN2O2S/c1-7-3-4-8(13)5-9(7)15-12-14-6-10(18-12)11(16)17-2/h3-6H,1-2H3,(H,14,15). The third-order valence-electron chi connectivity index (χ3n) is 2.33. The highest BCUT2D eigenvalue weighted by Gasteiger charge is 2.11. The zero-order chi connectivity index (χ0) is 13.1. The number of benzene rings is 1. The monoisotopic (exact) mass is 266 g/mol. The number of nitrogens with one attached hydrogen (secondary N) is 1. The second-order valence-corrected chi connectivity index (χ2v) is 4.64. The van der Waals surface area contributed by atoms with E-state index in [4.69, 9.17) is 0 Å². The first kappa shape index (κ1) is 12.5. The second kappa shape index (κ2) is 5.14. The minimum atomic E-state index is -0.434. The average Bonchev–Trinajstić information content (AvgIpc) is 2.81. The topological polar surface area (TPSA) is 51.2 Å². The largest absolute Gasteiger partial charge is 0.465 e. The Hall–Kier alpha value is -1.95. The molecule has 1 aromatic carbocycles. The van der Waals surface area contributed by atoms with Crippen LogP contribution in [0, 0.1) is 12.7 Å². The molecule has 18 heavy (non-hydrogen) atoms. The Morgan fingerprint density at radius 2 is 2.28 bits per heavy atom. The van der Waals surface area contributed by atoms with E-state index in [1.807, 2.05) is 6.92 Å². The van der Waals surface area contributed by atoms with Crippen LogP contribution in [0.4, 0.5) is 15.2 Å². The molecule has 0 radical (unpaired) electrons. The second-order valence-electron chi connectivity index (χ2n) is 3.61. The predicted molar refractivity (Wildman–Crippen MR) is 67.9 cm³/mol. The summed E-state index contributed by atoms with van der Waals surface area (Å²) in [7, 11) is 1.31. The van der Waals surface area contributed by atoms with Crippen LogP contribution in [0.3, 0.4) is 0 Å². The van der Waals surface area contributed by atoms with Gasteiger partial charge in [0.05, 0.1) is 13.3 Å². The number of hydrogen-bond acceptors (Lipinski definition) is 5. The van der Waals surface area contributed by atoms with Gasteiger partial charge in [-0.3, -0.25) is 0 Å². The summed E-state index contributed by atoms with van der Waals surface area (Å²) in [5.74, 6) is -0.760. The lowest BCUT2D eigenvalue weighted by Gasteiger charge is -2.06. The Bertz CT molecular complexity index is 583. The molecule has 0 saturated carbocycles. The molecular weight excluding hydrogens is 255 g/mol. The van der Waals surface area contributed by atoms with E-state index in [9.17, 15) is 9.18 Å². The molecule has 6 heteroatoms. The number of esters is 1. The fourth-order valence-corrected chi connectivity index (χ4v) is 2.12. The summed E-state index contributed by atoms with van der Waals surface area (Å²) in [5.41, 5.74) is 1.52. The summed E-state index contributed by atoms with van der Waals surface area (Å²) in [6.45, 7) is 1.86. The van der Waals surface area contributed by atoms with Gasteiger partial charge >= 0.3 is 5.97 Å². The number of thiazole rings is 1. The normalized spacial score (nSPS) is 10.2. The van der Waals surface area contributed by atoms with Crippen LogP contribution in [-0.4, -0.2) is 18.1 Å². The zero-order valence-electron chi connectivity index (χ0n) is 9.86. The van der Waals surface area contributed by atoms with Gasteiger partial charge in [0.2, 0.25) is 0 Å². The number of carbonyl (C=O) groups is 1. The minimum Gasteiger partial charge on any atom is -0.465 e. The van der Waals surface area contributed by atoms with E-state index in [2.05, 4.69) is 15.0 Å². The highest BCUT2D eigenvalue weighted by molar-refractivity contribution is 7.17. The lowest BCUT2D eigenvalue weighted by Crippen LogP contribution is -1.96. The van der Waals surface area contributed by atoms with Crippen molar-refractivity contribution in [3.05, 3.63) is 40.7 Å². The van der Waals surface area contributed by atoms with Crippen molar-refractivity contribution in [3.63, 3.8) is 0 Å². The molecule has 4 nitrogen and oxygen atoms in total. The predicted octanol–water partition coefficient (Wildman–Crippen LogP) is 3.12.